The smallest absolute Gasteiger partial charge is 0.0811 e. The van der Waals surface area contributed by atoms with Gasteiger partial charge in [-0.2, -0.15) is 0 Å². The first kappa shape index (κ1) is 15.0. The lowest BCUT2D eigenvalue weighted by Gasteiger charge is -2.06. The van der Waals surface area contributed by atoms with Crippen molar-refractivity contribution in [2.75, 3.05) is 0 Å². The molecule has 0 saturated heterocycles. The quantitative estimate of drug-likeness (QED) is 0.543. The van der Waals surface area contributed by atoms with E-state index >= 15 is 0 Å². The predicted octanol–water partition coefficient (Wildman–Crippen LogP) is 4.65. The zero-order valence-electron chi connectivity index (χ0n) is 13.3. The van der Waals surface area contributed by atoms with Gasteiger partial charge in [-0.1, -0.05) is 24.3 Å². The second kappa shape index (κ2) is 6.15. The first-order chi connectivity index (χ1) is 11.7. The first-order valence-electron chi connectivity index (χ1n) is 7.89. The molecule has 1 unspecified atom stereocenters. The summed E-state index contributed by atoms with van der Waals surface area (Å²) in [4.78, 5) is 10.6. The molecular weight excluding hydrogens is 314 g/mol. The van der Waals surface area contributed by atoms with Crippen LogP contribution in [0, 0.1) is 0 Å². The van der Waals surface area contributed by atoms with E-state index in [1.165, 1.54) is 4.70 Å². The van der Waals surface area contributed by atoms with Gasteiger partial charge in [-0.25, -0.2) is 9.98 Å². The molecule has 0 saturated carbocycles. The molecule has 1 heterocycles. The monoisotopic (exact) mass is 331 g/mol. The van der Waals surface area contributed by atoms with Crippen LogP contribution in [0.4, 0.5) is 5.69 Å². The number of hydrogen-bond donors (Lipinski definition) is 1. The van der Waals surface area contributed by atoms with Gasteiger partial charge in [0.15, 0.2) is 0 Å². The summed E-state index contributed by atoms with van der Waals surface area (Å²) >= 11 is 1.74. The minimum absolute atomic E-state index is 0.0425. The highest BCUT2D eigenvalue weighted by Crippen LogP contribution is 2.29. The normalized spacial score (nSPS) is 13.5. The molecule has 0 bridgehead atoms. The van der Waals surface area contributed by atoms with Crippen molar-refractivity contribution in [1.82, 2.24) is 4.98 Å². The van der Waals surface area contributed by atoms with Crippen molar-refractivity contribution in [1.29, 1.82) is 0 Å². The molecule has 4 heteroatoms. The average Bonchev–Trinajstić information content (AvgIpc) is 2.60. The Hall–Kier alpha value is -2.56. The second-order valence-electron chi connectivity index (χ2n) is 5.83. The number of hydrogen-bond acceptors (Lipinski definition) is 4. The van der Waals surface area contributed by atoms with E-state index in [1.807, 2.05) is 61.5 Å². The summed E-state index contributed by atoms with van der Waals surface area (Å²) in [5.41, 5.74) is 9.97. The van der Waals surface area contributed by atoms with Gasteiger partial charge in [0.25, 0.3) is 0 Å². The highest BCUT2D eigenvalue weighted by molar-refractivity contribution is 7.21. The summed E-state index contributed by atoms with van der Waals surface area (Å²) in [5, 5.41) is 0.935. The molecule has 0 radical (unpaired) electrons. The van der Waals surface area contributed by atoms with Gasteiger partial charge in [0, 0.05) is 6.04 Å². The van der Waals surface area contributed by atoms with Gasteiger partial charge in [-0.3, -0.25) is 0 Å². The van der Waals surface area contributed by atoms with Crippen LogP contribution in [0.3, 0.4) is 0 Å². The molecule has 0 amide bonds. The SMILES string of the molecule is CC(N)c1ccc(N=c2ccc3nc4ccccc4sc-3c2)cc1. The Labute approximate surface area is 144 Å². The van der Waals surface area contributed by atoms with E-state index in [9.17, 15) is 0 Å². The van der Waals surface area contributed by atoms with Crippen molar-refractivity contribution in [2.24, 2.45) is 10.7 Å². The molecule has 2 aromatic carbocycles. The van der Waals surface area contributed by atoms with E-state index in [2.05, 4.69) is 12.1 Å². The van der Waals surface area contributed by atoms with Gasteiger partial charge in [0.2, 0.25) is 0 Å². The van der Waals surface area contributed by atoms with Crippen LogP contribution in [-0.4, -0.2) is 4.98 Å². The highest BCUT2D eigenvalue weighted by Gasteiger charge is 2.06. The molecule has 1 aliphatic heterocycles. The Balaban J connectivity index is 1.79. The summed E-state index contributed by atoms with van der Waals surface area (Å²) in [7, 11) is 0. The van der Waals surface area contributed by atoms with E-state index in [0.29, 0.717) is 0 Å². The summed E-state index contributed by atoms with van der Waals surface area (Å²) < 4.78 is 1.18. The second-order valence-corrected chi connectivity index (χ2v) is 6.91. The van der Waals surface area contributed by atoms with Crippen LogP contribution in [0.25, 0.3) is 20.8 Å². The third-order valence-electron chi connectivity index (χ3n) is 3.95. The lowest BCUT2D eigenvalue weighted by atomic mass is 10.1. The standard InChI is InChI=1S/C20H17N3S/c1-13(21)14-6-8-15(9-7-14)22-16-10-11-18-20(12-16)24-19-5-3-2-4-17(19)23-18/h2-13H,21H2,1H3. The van der Waals surface area contributed by atoms with Gasteiger partial charge in [0.05, 0.1) is 31.8 Å². The largest absolute Gasteiger partial charge is 0.324 e. The third kappa shape index (κ3) is 2.94. The van der Waals surface area contributed by atoms with Crippen molar-refractivity contribution < 1.29 is 0 Å². The Morgan fingerprint density at radius 3 is 2.58 bits per heavy atom. The number of fused-ring (bicyclic) bond motifs is 2. The van der Waals surface area contributed by atoms with Crippen molar-refractivity contribution in [3.8, 4) is 10.6 Å². The van der Waals surface area contributed by atoms with Gasteiger partial charge >= 0.3 is 0 Å². The number of nitrogens with zero attached hydrogens (tertiary/aromatic N) is 2. The molecule has 0 fully saturated rings. The predicted molar refractivity (Wildman–Crippen MR) is 101 cm³/mol. The van der Waals surface area contributed by atoms with Crippen LogP contribution in [0.1, 0.15) is 18.5 Å². The molecule has 4 rings (SSSR count). The van der Waals surface area contributed by atoms with E-state index in [0.717, 1.165) is 32.7 Å². The lowest BCUT2D eigenvalue weighted by molar-refractivity contribution is 0.818. The van der Waals surface area contributed by atoms with Crippen molar-refractivity contribution in [3.63, 3.8) is 0 Å². The van der Waals surface area contributed by atoms with E-state index in [4.69, 9.17) is 15.7 Å². The third-order valence-corrected chi connectivity index (χ3v) is 5.06. The maximum absolute atomic E-state index is 5.89. The van der Waals surface area contributed by atoms with Crippen molar-refractivity contribution >= 4 is 27.2 Å². The fourth-order valence-corrected chi connectivity index (χ4v) is 3.63. The molecule has 2 aromatic rings. The Bertz CT molecular complexity index is 1030. The molecule has 3 nitrogen and oxygen atoms in total. The number of benzene rings is 3. The molecule has 0 aromatic heterocycles. The van der Waals surface area contributed by atoms with Crippen LogP contribution < -0.4 is 11.1 Å². The lowest BCUT2D eigenvalue weighted by Crippen LogP contribution is -2.04. The summed E-state index contributed by atoms with van der Waals surface area (Å²) in [6.45, 7) is 1.98. The summed E-state index contributed by atoms with van der Waals surface area (Å²) in [6.07, 6.45) is 0. The molecule has 1 aliphatic carbocycles. The number of nitrogens with two attached hydrogens (primary N) is 1. The Kier molecular flexibility index (Phi) is 3.84. The molecule has 118 valence electrons. The van der Waals surface area contributed by atoms with Gasteiger partial charge < -0.3 is 5.73 Å². The van der Waals surface area contributed by atoms with E-state index in [1.54, 1.807) is 11.3 Å². The van der Waals surface area contributed by atoms with Crippen LogP contribution in [0.15, 0.2) is 71.7 Å². The van der Waals surface area contributed by atoms with Crippen LogP contribution in [0.2, 0.25) is 0 Å². The molecule has 24 heavy (non-hydrogen) atoms. The van der Waals surface area contributed by atoms with Gasteiger partial charge in [-0.15, -0.1) is 11.3 Å². The van der Waals surface area contributed by atoms with Crippen LogP contribution in [0.5, 0.6) is 0 Å². The van der Waals surface area contributed by atoms with Gasteiger partial charge in [-0.05, 0) is 55.0 Å². The molecule has 1 atom stereocenters. The minimum atomic E-state index is 0.0425. The van der Waals surface area contributed by atoms with Crippen molar-refractivity contribution in [2.45, 2.75) is 13.0 Å². The number of rotatable bonds is 2. The highest BCUT2D eigenvalue weighted by atomic mass is 32.1. The number of aromatic nitrogens is 1. The van der Waals surface area contributed by atoms with Gasteiger partial charge in [0.1, 0.15) is 0 Å². The van der Waals surface area contributed by atoms with E-state index < -0.39 is 0 Å². The maximum atomic E-state index is 5.89. The molecule has 0 spiro atoms. The molecular formula is C20H17N3S. The zero-order valence-corrected chi connectivity index (χ0v) is 14.1. The fraction of sp³-hybridized carbons (Fsp3) is 0.100. The number of para-hydroxylation sites is 1. The van der Waals surface area contributed by atoms with E-state index in [-0.39, 0.29) is 6.04 Å². The van der Waals surface area contributed by atoms with Crippen molar-refractivity contribution in [3.05, 3.63) is 77.7 Å². The zero-order chi connectivity index (χ0) is 16.5. The molecule has 2 N–H and O–H groups in total. The van der Waals surface area contributed by atoms with Crippen LogP contribution >= 0.6 is 11.3 Å². The minimum Gasteiger partial charge on any atom is -0.324 e. The topological polar surface area (TPSA) is 51.3 Å². The molecule has 2 aliphatic rings. The summed E-state index contributed by atoms with van der Waals surface area (Å²) in [6, 6.07) is 22.5. The Morgan fingerprint density at radius 1 is 1.00 bits per heavy atom. The average molecular weight is 331 g/mol. The summed E-state index contributed by atoms with van der Waals surface area (Å²) in [5.74, 6) is 0. The maximum Gasteiger partial charge on any atom is 0.0811 e. The Morgan fingerprint density at radius 2 is 1.79 bits per heavy atom. The first-order valence-corrected chi connectivity index (χ1v) is 8.71. The van der Waals surface area contributed by atoms with Crippen LogP contribution in [-0.2, 0) is 0 Å². The fourth-order valence-electron chi connectivity index (χ4n) is 2.63.